The summed E-state index contributed by atoms with van der Waals surface area (Å²) in [7, 11) is 0. The van der Waals surface area contributed by atoms with Crippen LogP contribution in [0.15, 0.2) is 0 Å². The van der Waals surface area contributed by atoms with E-state index in [9.17, 15) is 0 Å². The van der Waals surface area contributed by atoms with E-state index < -0.39 is 0 Å². The van der Waals surface area contributed by atoms with Gasteiger partial charge in [-0.1, -0.05) is 13.8 Å². The summed E-state index contributed by atoms with van der Waals surface area (Å²) in [6.07, 6.45) is 3.48. The summed E-state index contributed by atoms with van der Waals surface area (Å²) < 4.78 is 5.49. The van der Waals surface area contributed by atoms with Crippen LogP contribution >= 0.6 is 0 Å². The normalized spacial score (nSPS) is 22.2. The van der Waals surface area contributed by atoms with Gasteiger partial charge in [0.15, 0.2) is 0 Å². The van der Waals surface area contributed by atoms with E-state index in [-0.39, 0.29) is 0 Å². The minimum absolute atomic E-state index is 0.409. The first kappa shape index (κ1) is 15.8. The van der Waals surface area contributed by atoms with Crippen molar-refractivity contribution >= 4 is 11.9 Å². The zero-order chi connectivity index (χ0) is 15.2. The predicted molar refractivity (Wildman–Crippen MR) is 85.0 cm³/mol. The summed E-state index contributed by atoms with van der Waals surface area (Å²) >= 11 is 0. The minimum atomic E-state index is 0.409. The number of hydrogen-bond donors (Lipinski definition) is 1. The van der Waals surface area contributed by atoms with E-state index in [1.165, 1.54) is 12.8 Å². The van der Waals surface area contributed by atoms with E-state index in [0.29, 0.717) is 30.5 Å². The van der Waals surface area contributed by atoms with Gasteiger partial charge in [0.05, 0.1) is 6.61 Å². The Labute approximate surface area is 127 Å². The molecule has 6 nitrogen and oxygen atoms in total. The van der Waals surface area contributed by atoms with Crippen LogP contribution in [0.3, 0.4) is 0 Å². The Balaban J connectivity index is 2.25. The van der Waals surface area contributed by atoms with Gasteiger partial charge in [-0.15, -0.1) is 0 Å². The van der Waals surface area contributed by atoms with Gasteiger partial charge in [-0.25, -0.2) is 0 Å². The Morgan fingerprint density at radius 3 is 2.76 bits per heavy atom. The molecule has 1 saturated heterocycles. The zero-order valence-corrected chi connectivity index (χ0v) is 13.6. The molecule has 1 aromatic heterocycles. The molecule has 118 valence electrons. The molecular weight excluding hydrogens is 266 g/mol. The van der Waals surface area contributed by atoms with Crippen LogP contribution in [-0.2, 0) is 0 Å². The summed E-state index contributed by atoms with van der Waals surface area (Å²) in [5, 5.41) is 3.23. The zero-order valence-electron chi connectivity index (χ0n) is 13.6. The van der Waals surface area contributed by atoms with Crippen molar-refractivity contribution in [1.29, 1.82) is 0 Å². The van der Waals surface area contributed by atoms with Gasteiger partial charge in [0.25, 0.3) is 0 Å². The molecule has 1 N–H and O–H groups in total. The number of nitrogens with zero attached hydrogens (tertiary/aromatic N) is 4. The average Bonchev–Trinajstić information content (AvgIpc) is 2.48. The molecule has 1 fully saturated rings. The van der Waals surface area contributed by atoms with E-state index in [4.69, 9.17) is 4.74 Å². The van der Waals surface area contributed by atoms with E-state index in [2.05, 4.69) is 45.9 Å². The van der Waals surface area contributed by atoms with Gasteiger partial charge in [-0.05, 0) is 39.0 Å². The van der Waals surface area contributed by atoms with E-state index in [1.54, 1.807) is 0 Å². The van der Waals surface area contributed by atoms with E-state index in [0.717, 1.165) is 25.5 Å². The lowest BCUT2D eigenvalue weighted by Crippen LogP contribution is -2.43. The van der Waals surface area contributed by atoms with Crippen molar-refractivity contribution in [2.45, 2.75) is 53.0 Å². The van der Waals surface area contributed by atoms with Gasteiger partial charge in [0.1, 0.15) is 0 Å². The molecule has 0 amide bonds. The van der Waals surface area contributed by atoms with E-state index in [1.807, 2.05) is 6.92 Å². The molecule has 2 atom stereocenters. The number of rotatable bonds is 6. The van der Waals surface area contributed by atoms with Gasteiger partial charge < -0.3 is 15.0 Å². The first-order valence-corrected chi connectivity index (χ1v) is 8.05. The molecular formula is C15H27N5O. The van der Waals surface area contributed by atoms with Crippen molar-refractivity contribution < 1.29 is 4.74 Å². The van der Waals surface area contributed by atoms with Gasteiger partial charge in [0, 0.05) is 19.1 Å². The van der Waals surface area contributed by atoms with E-state index >= 15 is 0 Å². The van der Waals surface area contributed by atoms with Crippen molar-refractivity contribution in [3.05, 3.63) is 0 Å². The maximum atomic E-state index is 5.49. The Hall–Kier alpha value is -1.59. The lowest BCUT2D eigenvalue weighted by atomic mass is 9.92. The standard InChI is InChI=1S/C15H27N5O/c1-5-9-16-13-17-14(19-15(18-13)21-6-2)20-10-7-8-11(3)12(20)4/h11-12H,5-10H2,1-4H3,(H,16,17,18,19). The smallest absolute Gasteiger partial charge is 0.323 e. The third kappa shape index (κ3) is 3.95. The predicted octanol–water partition coefficient (Wildman–Crippen LogP) is 2.72. The maximum Gasteiger partial charge on any atom is 0.323 e. The third-order valence-corrected chi connectivity index (χ3v) is 4.04. The molecule has 0 spiro atoms. The molecule has 1 aliphatic heterocycles. The lowest BCUT2D eigenvalue weighted by molar-refractivity contribution is 0.309. The second-order valence-corrected chi connectivity index (χ2v) is 5.65. The summed E-state index contributed by atoms with van der Waals surface area (Å²) in [5.74, 6) is 1.99. The SMILES string of the molecule is CCCNc1nc(OCC)nc(N2CCCC(C)C2C)n1. The summed E-state index contributed by atoms with van der Waals surface area (Å²) in [4.78, 5) is 15.6. The molecule has 1 aromatic rings. The maximum absolute atomic E-state index is 5.49. The molecule has 2 heterocycles. The quantitative estimate of drug-likeness (QED) is 0.870. The van der Waals surface area contributed by atoms with Crippen LogP contribution in [0.25, 0.3) is 0 Å². The lowest BCUT2D eigenvalue weighted by Gasteiger charge is -2.37. The average molecular weight is 293 g/mol. The molecule has 21 heavy (non-hydrogen) atoms. The highest BCUT2D eigenvalue weighted by Gasteiger charge is 2.27. The third-order valence-electron chi connectivity index (χ3n) is 4.04. The fourth-order valence-electron chi connectivity index (χ4n) is 2.60. The monoisotopic (exact) mass is 293 g/mol. The highest BCUT2D eigenvalue weighted by molar-refractivity contribution is 5.40. The number of anilines is 2. The largest absolute Gasteiger partial charge is 0.464 e. The molecule has 2 unspecified atom stereocenters. The van der Waals surface area contributed by atoms with Crippen molar-refractivity contribution in [1.82, 2.24) is 15.0 Å². The Kier molecular flexibility index (Phi) is 5.59. The number of piperidine rings is 1. The first-order chi connectivity index (χ1) is 10.2. The van der Waals surface area contributed by atoms with Crippen LogP contribution in [0.5, 0.6) is 6.01 Å². The summed E-state index contributed by atoms with van der Waals surface area (Å²) in [6.45, 7) is 11.0. The molecule has 6 heteroatoms. The number of nitrogens with one attached hydrogen (secondary N) is 1. The van der Waals surface area contributed by atoms with Crippen LogP contribution in [-0.4, -0.2) is 40.7 Å². The summed E-state index contributed by atoms with van der Waals surface area (Å²) in [5.41, 5.74) is 0. The van der Waals surface area contributed by atoms with Crippen LogP contribution in [0.2, 0.25) is 0 Å². The molecule has 0 radical (unpaired) electrons. The van der Waals surface area contributed by atoms with Crippen LogP contribution < -0.4 is 15.0 Å². The van der Waals surface area contributed by atoms with Gasteiger partial charge in [-0.2, -0.15) is 15.0 Å². The summed E-state index contributed by atoms with van der Waals surface area (Å²) in [6, 6.07) is 0.848. The van der Waals surface area contributed by atoms with Crippen LogP contribution in [0, 0.1) is 5.92 Å². The topological polar surface area (TPSA) is 63.2 Å². The van der Waals surface area contributed by atoms with Gasteiger partial charge in [0.2, 0.25) is 11.9 Å². The molecule has 0 aliphatic carbocycles. The Morgan fingerprint density at radius 1 is 1.24 bits per heavy atom. The van der Waals surface area contributed by atoms with Crippen LogP contribution in [0.1, 0.15) is 47.0 Å². The Bertz CT molecular complexity index is 454. The van der Waals surface area contributed by atoms with Crippen molar-refractivity contribution in [2.24, 2.45) is 5.92 Å². The van der Waals surface area contributed by atoms with Crippen LogP contribution in [0.4, 0.5) is 11.9 Å². The fourth-order valence-corrected chi connectivity index (χ4v) is 2.60. The molecule has 0 aromatic carbocycles. The molecule has 0 bridgehead atoms. The van der Waals surface area contributed by atoms with Crippen molar-refractivity contribution in [3.63, 3.8) is 0 Å². The molecule has 0 saturated carbocycles. The fraction of sp³-hybridized carbons (Fsp3) is 0.800. The van der Waals surface area contributed by atoms with Crippen molar-refractivity contribution in [2.75, 3.05) is 29.9 Å². The highest BCUT2D eigenvalue weighted by atomic mass is 16.5. The Morgan fingerprint density at radius 2 is 2.05 bits per heavy atom. The second-order valence-electron chi connectivity index (χ2n) is 5.65. The molecule has 2 rings (SSSR count). The van der Waals surface area contributed by atoms with Gasteiger partial charge >= 0.3 is 6.01 Å². The minimum Gasteiger partial charge on any atom is -0.464 e. The number of ether oxygens (including phenoxy) is 1. The second kappa shape index (κ2) is 7.43. The number of aromatic nitrogens is 3. The highest BCUT2D eigenvalue weighted by Crippen LogP contribution is 2.27. The molecule has 1 aliphatic rings. The van der Waals surface area contributed by atoms with Crippen molar-refractivity contribution in [3.8, 4) is 6.01 Å². The van der Waals surface area contributed by atoms with Gasteiger partial charge in [-0.3, -0.25) is 0 Å². The number of hydrogen-bond acceptors (Lipinski definition) is 6. The first-order valence-electron chi connectivity index (χ1n) is 8.05.